The van der Waals surface area contributed by atoms with Gasteiger partial charge in [0, 0.05) is 13.1 Å². The summed E-state index contributed by atoms with van der Waals surface area (Å²) >= 11 is 0. The molecule has 2 aliphatic rings. The van der Waals surface area contributed by atoms with Crippen LogP contribution in [0, 0.1) is 17.3 Å². The van der Waals surface area contributed by atoms with Crippen LogP contribution < -0.4 is 5.73 Å². The largest absolute Gasteiger partial charge is 0.330 e. The molecule has 0 amide bonds. The minimum atomic E-state index is 0. The van der Waals surface area contributed by atoms with Gasteiger partial charge >= 0.3 is 0 Å². The molecule has 1 saturated heterocycles. The molecule has 0 spiro atoms. The van der Waals surface area contributed by atoms with Crippen molar-refractivity contribution in [1.29, 1.82) is 0 Å². The van der Waals surface area contributed by atoms with E-state index in [0.29, 0.717) is 5.41 Å². The van der Waals surface area contributed by atoms with Gasteiger partial charge in [0.2, 0.25) is 0 Å². The lowest BCUT2D eigenvalue weighted by Crippen LogP contribution is -2.34. The predicted molar refractivity (Wildman–Crippen MR) is 81.2 cm³/mol. The van der Waals surface area contributed by atoms with Crippen molar-refractivity contribution in [2.45, 2.75) is 52.4 Å². The van der Waals surface area contributed by atoms with Crippen LogP contribution in [0.4, 0.5) is 0 Å². The van der Waals surface area contributed by atoms with E-state index < -0.39 is 0 Å². The number of hydrogen-bond acceptors (Lipinski definition) is 2. The average Bonchev–Trinajstić information content (AvgIpc) is 2.72. The van der Waals surface area contributed by atoms with E-state index in [1.807, 2.05) is 0 Å². The zero-order valence-electron chi connectivity index (χ0n) is 12.2. The molecule has 18 heavy (non-hydrogen) atoms. The van der Waals surface area contributed by atoms with Crippen molar-refractivity contribution < 1.29 is 0 Å². The van der Waals surface area contributed by atoms with Gasteiger partial charge in [-0.2, -0.15) is 0 Å². The van der Waals surface area contributed by atoms with E-state index in [4.69, 9.17) is 5.73 Å². The Hall–Kier alpha value is 0.210. The molecule has 0 bridgehead atoms. The molecule has 0 aromatic heterocycles. The van der Waals surface area contributed by atoms with Crippen molar-refractivity contribution in [2.75, 3.05) is 26.2 Å². The molecule has 0 aromatic carbocycles. The van der Waals surface area contributed by atoms with Gasteiger partial charge in [0.15, 0.2) is 0 Å². The van der Waals surface area contributed by atoms with Crippen molar-refractivity contribution in [3.8, 4) is 0 Å². The quantitative estimate of drug-likeness (QED) is 0.852. The second-order valence-corrected chi connectivity index (χ2v) is 6.81. The monoisotopic (exact) mass is 274 g/mol. The normalized spacial score (nSPS) is 37.5. The first-order valence-corrected chi connectivity index (χ1v) is 7.57. The van der Waals surface area contributed by atoms with Crippen LogP contribution >= 0.6 is 12.4 Å². The summed E-state index contributed by atoms with van der Waals surface area (Å²) < 4.78 is 0. The van der Waals surface area contributed by atoms with Gasteiger partial charge in [-0.05, 0) is 49.6 Å². The van der Waals surface area contributed by atoms with E-state index in [2.05, 4.69) is 18.7 Å². The minimum Gasteiger partial charge on any atom is -0.330 e. The molecule has 1 saturated carbocycles. The van der Waals surface area contributed by atoms with Crippen molar-refractivity contribution in [1.82, 2.24) is 4.90 Å². The molecule has 2 rings (SSSR count). The van der Waals surface area contributed by atoms with Crippen molar-refractivity contribution in [3.63, 3.8) is 0 Å². The van der Waals surface area contributed by atoms with E-state index >= 15 is 0 Å². The maximum atomic E-state index is 5.88. The number of hydrogen-bond donors (Lipinski definition) is 1. The van der Waals surface area contributed by atoms with Crippen molar-refractivity contribution in [2.24, 2.45) is 23.0 Å². The SMILES string of the molecule is CCC1CCCC(CN2CCC(C)(CN)C2)C1.Cl. The summed E-state index contributed by atoms with van der Waals surface area (Å²) in [5, 5.41) is 0. The first-order valence-electron chi connectivity index (χ1n) is 7.57. The molecule has 3 unspecified atom stereocenters. The molecular weight excluding hydrogens is 244 g/mol. The third-order valence-electron chi connectivity index (χ3n) is 5.11. The van der Waals surface area contributed by atoms with Crippen LogP contribution in [0.2, 0.25) is 0 Å². The maximum Gasteiger partial charge on any atom is 0.00480 e. The third-order valence-corrected chi connectivity index (χ3v) is 5.11. The van der Waals surface area contributed by atoms with Crippen LogP contribution in [0.5, 0.6) is 0 Å². The molecule has 1 heterocycles. The van der Waals surface area contributed by atoms with Gasteiger partial charge in [0.05, 0.1) is 0 Å². The molecule has 0 aromatic rings. The molecule has 3 atom stereocenters. The van der Waals surface area contributed by atoms with Crippen molar-refractivity contribution >= 4 is 12.4 Å². The maximum absolute atomic E-state index is 5.88. The Morgan fingerprint density at radius 2 is 2.00 bits per heavy atom. The molecular formula is C15H31ClN2. The Bertz CT molecular complexity index is 247. The van der Waals surface area contributed by atoms with E-state index in [-0.39, 0.29) is 12.4 Å². The highest BCUT2D eigenvalue weighted by Crippen LogP contribution is 2.34. The van der Waals surface area contributed by atoms with E-state index in [9.17, 15) is 0 Å². The summed E-state index contributed by atoms with van der Waals surface area (Å²) in [7, 11) is 0. The Morgan fingerprint density at radius 1 is 1.28 bits per heavy atom. The molecule has 1 aliphatic carbocycles. The van der Waals surface area contributed by atoms with Crippen molar-refractivity contribution in [3.05, 3.63) is 0 Å². The lowest BCUT2D eigenvalue weighted by atomic mass is 9.80. The zero-order valence-corrected chi connectivity index (χ0v) is 13.0. The highest BCUT2D eigenvalue weighted by atomic mass is 35.5. The Balaban J connectivity index is 0.00000162. The van der Waals surface area contributed by atoms with E-state index in [0.717, 1.165) is 18.4 Å². The Morgan fingerprint density at radius 3 is 2.61 bits per heavy atom. The number of rotatable bonds is 4. The van der Waals surface area contributed by atoms with E-state index in [1.165, 1.54) is 58.2 Å². The molecule has 108 valence electrons. The standard InChI is InChI=1S/C15H30N2.ClH/c1-3-13-5-4-6-14(9-13)10-17-8-7-15(2,11-16)12-17;/h13-14H,3-12,16H2,1-2H3;1H. The third kappa shape index (κ3) is 4.11. The number of nitrogens with zero attached hydrogens (tertiary/aromatic N) is 1. The summed E-state index contributed by atoms with van der Waals surface area (Å²) in [6, 6.07) is 0. The molecule has 2 nitrogen and oxygen atoms in total. The smallest absolute Gasteiger partial charge is 0.00480 e. The van der Waals surface area contributed by atoms with Gasteiger partial charge < -0.3 is 10.6 Å². The van der Waals surface area contributed by atoms with Gasteiger partial charge in [-0.25, -0.2) is 0 Å². The lowest BCUT2D eigenvalue weighted by Gasteiger charge is -2.32. The summed E-state index contributed by atoms with van der Waals surface area (Å²) in [4.78, 5) is 2.68. The van der Waals surface area contributed by atoms with Gasteiger partial charge in [-0.15, -0.1) is 12.4 Å². The Kier molecular flexibility index (Phi) is 6.43. The van der Waals surface area contributed by atoms with Gasteiger partial charge in [0.25, 0.3) is 0 Å². The molecule has 2 fully saturated rings. The first-order chi connectivity index (χ1) is 8.15. The summed E-state index contributed by atoms with van der Waals surface area (Å²) in [6.07, 6.45) is 8.57. The van der Waals surface area contributed by atoms with Crippen LogP contribution in [0.25, 0.3) is 0 Å². The molecule has 2 N–H and O–H groups in total. The van der Waals surface area contributed by atoms with Crippen LogP contribution in [-0.4, -0.2) is 31.1 Å². The van der Waals surface area contributed by atoms with Gasteiger partial charge in [-0.1, -0.05) is 33.1 Å². The van der Waals surface area contributed by atoms with Crippen LogP contribution in [0.15, 0.2) is 0 Å². The molecule has 1 aliphatic heterocycles. The summed E-state index contributed by atoms with van der Waals surface area (Å²) in [5.74, 6) is 1.98. The molecule has 0 radical (unpaired) electrons. The first kappa shape index (κ1) is 16.3. The van der Waals surface area contributed by atoms with Gasteiger partial charge in [-0.3, -0.25) is 0 Å². The minimum absolute atomic E-state index is 0. The fraction of sp³-hybridized carbons (Fsp3) is 1.00. The average molecular weight is 275 g/mol. The van der Waals surface area contributed by atoms with Crippen LogP contribution in [-0.2, 0) is 0 Å². The van der Waals surface area contributed by atoms with E-state index in [1.54, 1.807) is 0 Å². The highest BCUT2D eigenvalue weighted by molar-refractivity contribution is 5.85. The predicted octanol–water partition coefficient (Wildman–Crippen LogP) is 3.30. The van der Waals surface area contributed by atoms with Crippen LogP contribution in [0.3, 0.4) is 0 Å². The topological polar surface area (TPSA) is 29.3 Å². The number of halogens is 1. The lowest BCUT2D eigenvalue weighted by molar-refractivity contribution is 0.182. The number of nitrogens with two attached hydrogens (primary N) is 1. The summed E-state index contributed by atoms with van der Waals surface area (Å²) in [5.41, 5.74) is 6.28. The van der Waals surface area contributed by atoms with Gasteiger partial charge in [0.1, 0.15) is 0 Å². The second-order valence-electron chi connectivity index (χ2n) is 6.81. The fourth-order valence-corrected chi connectivity index (χ4v) is 3.75. The number of likely N-dealkylation sites (tertiary alicyclic amines) is 1. The highest BCUT2D eigenvalue weighted by Gasteiger charge is 2.33. The van der Waals surface area contributed by atoms with Crippen LogP contribution in [0.1, 0.15) is 52.4 Å². The summed E-state index contributed by atoms with van der Waals surface area (Å²) in [6.45, 7) is 9.41. The Labute approximate surface area is 119 Å². The fourth-order valence-electron chi connectivity index (χ4n) is 3.75. The zero-order chi connectivity index (χ0) is 12.3. The second kappa shape index (κ2) is 7.12. The molecule has 3 heteroatoms.